The van der Waals surface area contributed by atoms with Crippen molar-refractivity contribution in [3.63, 3.8) is 0 Å². The number of nitrogens with one attached hydrogen (secondary N) is 6. The number of allylic oxidation sites excluding steroid dienone is 1. The minimum absolute atomic E-state index is 0.0167. The smallest absolute Gasteiger partial charge is 0.249 e. The average molecular weight is 712 g/mol. The molecular formula is C39H53N9O4. The maximum Gasteiger partial charge on any atom is 0.249 e. The molecule has 278 valence electrons. The summed E-state index contributed by atoms with van der Waals surface area (Å²) in [5.74, 6) is 0.170. The number of guanidine groups is 1. The van der Waals surface area contributed by atoms with E-state index in [9.17, 15) is 14.7 Å². The van der Waals surface area contributed by atoms with Crippen molar-refractivity contribution in [3.05, 3.63) is 88.7 Å². The molecule has 0 saturated heterocycles. The van der Waals surface area contributed by atoms with Gasteiger partial charge in [-0.25, -0.2) is 0 Å². The Hall–Kier alpha value is -5.17. The molecule has 1 aliphatic rings. The molecular weight excluding hydrogens is 658 g/mol. The number of amides is 2. The van der Waals surface area contributed by atoms with Gasteiger partial charge in [-0.05, 0) is 98.2 Å². The van der Waals surface area contributed by atoms with E-state index < -0.39 is 29.9 Å². The number of phenols is 1. The van der Waals surface area contributed by atoms with Gasteiger partial charge in [0.2, 0.25) is 17.7 Å². The number of carbonyl (C=O) groups is 2. The second kappa shape index (κ2) is 16.9. The summed E-state index contributed by atoms with van der Waals surface area (Å²) in [7, 11) is 1.62. The number of hydrogen-bond donors (Lipinski definition) is 8. The fourth-order valence-electron chi connectivity index (χ4n) is 7.36. The highest BCUT2D eigenvalue weighted by molar-refractivity contribution is 5.90. The lowest BCUT2D eigenvalue weighted by Crippen LogP contribution is -2.53. The molecule has 13 heteroatoms. The Balaban J connectivity index is 1.43. The van der Waals surface area contributed by atoms with E-state index in [4.69, 9.17) is 20.7 Å². The van der Waals surface area contributed by atoms with Gasteiger partial charge in [-0.1, -0.05) is 42.4 Å². The highest BCUT2D eigenvalue weighted by Crippen LogP contribution is 2.43. The Bertz CT molecular complexity index is 1880. The molecule has 52 heavy (non-hydrogen) atoms. The SMILES string of the molecule is C=C1CCCC(CC)(Cc2noc([C@H](Cc3c[nH]c4ccccc34)NC(=O)[C@H](Cc3c(C)cc(O)cc3C)NC(=O)[C@H](N)CCNC(=N)NC)n2)C1. The van der Waals surface area contributed by atoms with Gasteiger partial charge >= 0.3 is 0 Å². The summed E-state index contributed by atoms with van der Waals surface area (Å²) < 4.78 is 5.92. The van der Waals surface area contributed by atoms with Crippen LogP contribution in [0.5, 0.6) is 5.75 Å². The number of rotatable bonds is 15. The van der Waals surface area contributed by atoms with E-state index in [1.165, 1.54) is 5.57 Å². The monoisotopic (exact) mass is 711 g/mol. The predicted molar refractivity (Wildman–Crippen MR) is 202 cm³/mol. The van der Waals surface area contributed by atoms with Crippen molar-refractivity contribution in [3.8, 4) is 5.75 Å². The van der Waals surface area contributed by atoms with E-state index in [1.807, 2.05) is 44.3 Å². The molecule has 4 aromatic rings. The first-order valence-electron chi connectivity index (χ1n) is 18.1. The molecule has 2 aromatic heterocycles. The van der Waals surface area contributed by atoms with E-state index >= 15 is 0 Å². The number of para-hydroxylation sites is 1. The summed E-state index contributed by atoms with van der Waals surface area (Å²) in [6.45, 7) is 10.5. The first-order valence-corrected chi connectivity index (χ1v) is 18.1. The van der Waals surface area contributed by atoms with Gasteiger partial charge in [0, 0.05) is 50.0 Å². The van der Waals surface area contributed by atoms with Gasteiger partial charge in [-0.2, -0.15) is 4.98 Å². The van der Waals surface area contributed by atoms with Crippen molar-refractivity contribution in [2.24, 2.45) is 11.1 Å². The van der Waals surface area contributed by atoms with Gasteiger partial charge in [-0.3, -0.25) is 15.0 Å². The van der Waals surface area contributed by atoms with Crippen LogP contribution in [0.1, 0.15) is 85.5 Å². The van der Waals surface area contributed by atoms with Gasteiger partial charge in [0.05, 0.1) is 6.04 Å². The summed E-state index contributed by atoms with van der Waals surface area (Å²) >= 11 is 0. The van der Waals surface area contributed by atoms with Crippen LogP contribution in [0.2, 0.25) is 0 Å². The largest absolute Gasteiger partial charge is 0.508 e. The molecule has 0 radical (unpaired) electrons. The van der Waals surface area contributed by atoms with Crippen molar-refractivity contribution in [2.45, 2.75) is 96.7 Å². The number of aromatic nitrogens is 3. The first-order chi connectivity index (χ1) is 24.9. The van der Waals surface area contributed by atoms with Gasteiger partial charge in [-0.15, -0.1) is 0 Å². The van der Waals surface area contributed by atoms with Crippen molar-refractivity contribution in [2.75, 3.05) is 13.6 Å². The molecule has 2 aromatic carbocycles. The van der Waals surface area contributed by atoms with Crippen LogP contribution in [0.15, 0.2) is 59.3 Å². The van der Waals surface area contributed by atoms with Gasteiger partial charge in [0.15, 0.2) is 11.8 Å². The molecule has 0 spiro atoms. The second-order valence-corrected chi connectivity index (χ2v) is 14.3. The zero-order valence-corrected chi connectivity index (χ0v) is 30.7. The normalized spacial score (nSPS) is 17.7. The molecule has 1 aliphatic carbocycles. The second-order valence-electron chi connectivity index (χ2n) is 14.3. The maximum atomic E-state index is 14.4. The minimum Gasteiger partial charge on any atom is -0.508 e. The number of carbonyl (C=O) groups excluding carboxylic acids is 2. The van der Waals surface area contributed by atoms with Crippen molar-refractivity contribution >= 4 is 28.7 Å². The van der Waals surface area contributed by atoms with Crippen LogP contribution in [0.4, 0.5) is 0 Å². The average Bonchev–Trinajstić information content (AvgIpc) is 3.75. The Morgan fingerprint density at radius 3 is 2.62 bits per heavy atom. The number of nitrogens with two attached hydrogens (primary N) is 1. The van der Waals surface area contributed by atoms with E-state index in [-0.39, 0.29) is 35.9 Å². The third-order valence-electron chi connectivity index (χ3n) is 10.4. The lowest BCUT2D eigenvalue weighted by atomic mass is 9.68. The van der Waals surface area contributed by atoms with Crippen LogP contribution < -0.4 is 27.0 Å². The Kier molecular flexibility index (Phi) is 12.4. The summed E-state index contributed by atoms with van der Waals surface area (Å²) in [6.07, 6.45) is 8.41. The Morgan fingerprint density at radius 1 is 1.15 bits per heavy atom. The number of hydrogen-bond acceptors (Lipinski definition) is 8. The topological polar surface area (TPSA) is 207 Å². The Labute approximate surface area is 305 Å². The van der Waals surface area contributed by atoms with E-state index in [2.05, 4.69) is 44.9 Å². The van der Waals surface area contributed by atoms with Crippen molar-refractivity contribution in [1.29, 1.82) is 5.41 Å². The number of aromatic amines is 1. The number of phenolic OH excluding ortho intramolecular Hbond substituents is 1. The molecule has 0 bridgehead atoms. The van der Waals surface area contributed by atoms with Crippen LogP contribution in [0.25, 0.3) is 10.9 Å². The summed E-state index contributed by atoms with van der Waals surface area (Å²) in [6, 6.07) is 8.55. The highest BCUT2D eigenvalue weighted by atomic mass is 16.5. The molecule has 1 saturated carbocycles. The van der Waals surface area contributed by atoms with Crippen LogP contribution >= 0.6 is 0 Å². The number of aromatic hydroxyl groups is 1. The molecule has 0 aliphatic heterocycles. The molecule has 2 amide bonds. The molecule has 5 rings (SSSR count). The van der Waals surface area contributed by atoms with Gasteiger partial charge < -0.3 is 41.6 Å². The standard InChI is InChI=1S/C39H53N9O4/c1-6-39(14-9-10-23(2)20-39)21-34-47-37(52-48-34)33(18-26-22-44-31-12-8-7-11-28(26)31)46-36(51)32(19-29-24(3)16-27(49)17-25(29)4)45-35(50)30(40)13-15-43-38(41)42-5/h7-8,11-12,16-17,22,30,32-33,44,49H,2,6,9-10,13-15,18-21,40H2,1,3-5H3,(H,45,50)(H,46,51)(H3,41,42,43)/t30-,32+,33+,39?/m1/s1. The third-order valence-corrected chi connectivity index (χ3v) is 10.4. The zero-order valence-electron chi connectivity index (χ0n) is 30.7. The van der Waals surface area contributed by atoms with E-state index in [1.54, 1.807) is 19.2 Å². The lowest BCUT2D eigenvalue weighted by Gasteiger charge is -2.36. The molecule has 1 unspecified atom stereocenters. The fourth-order valence-corrected chi connectivity index (χ4v) is 7.36. The summed E-state index contributed by atoms with van der Waals surface area (Å²) in [5.41, 5.74) is 11.9. The van der Waals surface area contributed by atoms with Crippen LogP contribution in [0, 0.1) is 24.7 Å². The molecule has 1 fully saturated rings. The number of benzene rings is 2. The van der Waals surface area contributed by atoms with Gasteiger partial charge in [0.25, 0.3) is 0 Å². The summed E-state index contributed by atoms with van der Waals surface area (Å²) in [4.78, 5) is 36.0. The van der Waals surface area contributed by atoms with E-state index in [0.29, 0.717) is 25.2 Å². The molecule has 2 heterocycles. The fraction of sp³-hybridized carbons (Fsp3) is 0.462. The van der Waals surface area contributed by atoms with Gasteiger partial charge in [0.1, 0.15) is 17.8 Å². The third kappa shape index (κ3) is 9.38. The zero-order chi connectivity index (χ0) is 37.4. The predicted octanol–water partition coefficient (Wildman–Crippen LogP) is 4.53. The van der Waals surface area contributed by atoms with Crippen LogP contribution in [-0.2, 0) is 28.9 Å². The minimum atomic E-state index is -1.02. The van der Waals surface area contributed by atoms with E-state index in [0.717, 1.165) is 65.3 Å². The number of nitrogens with zero attached hydrogens (tertiary/aromatic N) is 2. The number of aryl methyl sites for hydroxylation is 2. The van der Waals surface area contributed by atoms with Crippen LogP contribution in [-0.4, -0.2) is 63.7 Å². The highest BCUT2D eigenvalue weighted by Gasteiger charge is 2.35. The van der Waals surface area contributed by atoms with Crippen molar-refractivity contribution < 1.29 is 19.2 Å². The molecule has 4 atom stereocenters. The summed E-state index contributed by atoms with van der Waals surface area (Å²) in [5, 5.41) is 34.9. The number of H-pyrrole nitrogens is 1. The molecule has 13 nitrogen and oxygen atoms in total. The van der Waals surface area contributed by atoms with Crippen molar-refractivity contribution in [1.82, 2.24) is 36.4 Å². The molecule has 9 N–H and O–H groups in total. The maximum absolute atomic E-state index is 14.4. The number of fused-ring (bicyclic) bond motifs is 1. The quantitative estimate of drug-likeness (QED) is 0.0495. The Morgan fingerprint density at radius 2 is 1.90 bits per heavy atom. The van der Waals surface area contributed by atoms with Crippen LogP contribution in [0.3, 0.4) is 0 Å². The first kappa shape index (κ1) is 38.1. The lowest BCUT2D eigenvalue weighted by molar-refractivity contribution is -0.130.